The number of aryl methyl sites for hydroxylation is 2. The summed E-state index contributed by atoms with van der Waals surface area (Å²) in [5.74, 6) is 0.430. The summed E-state index contributed by atoms with van der Waals surface area (Å²) >= 11 is 0. The first-order chi connectivity index (χ1) is 13.2. The highest BCUT2D eigenvalue weighted by Gasteiger charge is 2.51. The molecule has 12 heteroatoms. The molecule has 0 unspecified atom stereocenters. The van der Waals surface area contributed by atoms with E-state index in [2.05, 4.69) is 35.8 Å². The molecule has 0 saturated heterocycles. The van der Waals surface area contributed by atoms with Crippen molar-refractivity contribution >= 4 is 17.5 Å². The van der Waals surface area contributed by atoms with E-state index in [1.54, 1.807) is 35.9 Å². The van der Waals surface area contributed by atoms with E-state index in [-0.39, 0.29) is 17.3 Å². The van der Waals surface area contributed by atoms with Crippen LogP contribution >= 0.6 is 0 Å². The molecule has 3 heterocycles. The van der Waals surface area contributed by atoms with Crippen molar-refractivity contribution in [2.45, 2.75) is 31.5 Å². The molecular formula is C16H18F3N9. The van der Waals surface area contributed by atoms with Crippen LogP contribution in [-0.2, 0) is 18.8 Å². The van der Waals surface area contributed by atoms with E-state index in [0.29, 0.717) is 17.2 Å². The van der Waals surface area contributed by atoms with E-state index in [1.165, 1.54) is 7.05 Å². The highest BCUT2D eigenvalue weighted by molar-refractivity contribution is 5.58. The first-order valence-electron chi connectivity index (χ1n) is 8.55. The lowest BCUT2D eigenvalue weighted by Crippen LogP contribution is -2.21. The Morgan fingerprint density at radius 1 is 1.18 bits per heavy atom. The van der Waals surface area contributed by atoms with Gasteiger partial charge in [0, 0.05) is 26.5 Å². The molecule has 0 atom stereocenters. The van der Waals surface area contributed by atoms with E-state index in [9.17, 15) is 13.2 Å². The van der Waals surface area contributed by atoms with Crippen molar-refractivity contribution in [2.24, 2.45) is 7.05 Å². The quantitative estimate of drug-likeness (QED) is 0.687. The Bertz CT molecular complexity index is 1020. The minimum atomic E-state index is -4.54. The summed E-state index contributed by atoms with van der Waals surface area (Å²) in [5, 5.41) is 14.3. The van der Waals surface area contributed by atoms with Crippen molar-refractivity contribution in [3.05, 3.63) is 35.8 Å². The van der Waals surface area contributed by atoms with Crippen LogP contribution in [0.3, 0.4) is 0 Å². The summed E-state index contributed by atoms with van der Waals surface area (Å²) in [5.41, 5.74) is -0.0461. The Hall–Kier alpha value is -3.18. The van der Waals surface area contributed by atoms with Crippen LogP contribution in [0.2, 0.25) is 0 Å². The number of nitrogens with one attached hydrogen (secondary N) is 2. The highest BCUT2D eigenvalue weighted by Crippen LogP contribution is 2.48. The van der Waals surface area contributed by atoms with Gasteiger partial charge in [-0.3, -0.25) is 9.36 Å². The summed E-state index contributed by atoms with van der Waals surface area (Å²) in [7, 11) is 3.18. The molecule has 0 amide bonds. The van der Waals surface area contributed by atoms with E-state index >= 15 is 0 Å². The smallest absolute Gasteiger partial charge is 0.372 e. The van der Waals surface area contributed by atoms with Crippen LogP contribution in [0.4, 0.5) is 30.6 Å². The van der Waals surface area contributed by atoms with Crippen molar-refractivity contribution in [3.63, 3.8) is 0 Å². The van der Waals surface area contributed by atoms with Gasteiger partial charge in [0.05, 0.1) is 11.4 Å². The number of alkyl halides is 3. The van der Waals surface area contributed by atoms with Crippen molar-refractivity contribution in [3.8, 4) is 0 Å². The molecule has 1 aliphatic rings. The van der Waals surface area contributed by atoms with Crippen LogP contribution in [0.5, 0.6) is 0 Å². The SMILES string of the molecule is CNc1nc(Nc2cn(C3(c4ncn(C)n4)CC3)nc2C)ncc1C(F)(F)F. The first-order valence-corrected chi connectivity index (χ1v) is 8.55. The lowest BCUT2D eigenvalue weighted by Gasteiger charge is -2.13. The van der Waals surface area contributed by atoms with Crippen molar-refractivity contribution in [2.75, 3.05) is 17.7 Å². The van der Waals surface area contributed by atoms with Crippen molar-refractivity contribution in [1.29, 1.82) is 0 Å². The predicted molar refractivity (Wildman–Crippen MR) is 94.1 cm³/mol. The fraction of sp³-hybridized carbons (Fsp3) is 0.438. The maximum Gasteiger partial charge on any atom is 0.421 e. The third kappa shape index (κ3) is 3.04. The normalized spacial score (nSPS) is 15.5. The van der Waals surface area contributed by atoms with Gasteiger partial charge in [0.25, 0.3) is 0 Å². The van der Waals surface area contributed by atoms with Gasteiger partial charge in [-0.1, -0.05) is 0 Å². The molecule has 3 aromatic heterocycles. The molecule has 2 N–H and O–H groups in total. The number of aromatic nitrogens is 7. The van der Waals surface area contributed by atoms with Gasteiger partial charge in [-0.15, -0.1) is 0 Å². The number of hydrogen-bond donors (Lipinski definition) is 2. The van der Waals surface area contributed by atoms with Gasteiger partial charge in [-0.05, 0) is 19.8 Å². The molecule has 0 aromatic carbocycles. The van der Waals surface area contributed by atoms with Crippen molar-refractivity contribution in [1.82, 2.24) is 34.5 Å². The van der Waals surface area contributed by atoms with Crippen LogP contribution in [0, 0.1) is 6.92 Å². The number of halogens is 3. The van der Waals surface area contributed by atoms with Gasteiger partial charge in [0.15, 0.2) is 5.82 Å². The second-order valence-electron chi connectivity index (χ2n) is 6.67. The zero-order valence-corrected chi connectivity index (χ0v) is 15.4. The summed E-state index contributed by atoms with van der Waals surface area (Å²) in [6, 6.07) is 0. The fourth-order valence-corrected chi connectivity index (χ4v) is 2.99. The van der Waals surface area contributed by atoms with Gasteiger partial charge in [-0.25, -0.2) is 9.97 Å². The fourth-order valence-electron chi connectivity index (χ4n) is 2.99. The van der Waals surface area contributed by atoms with Gasteiger partial charge in [0.2, 0.25) is 5.95 Å². The van der Waals surface area contributed by atoms with Crippen molar-refractivity contribution < 1.29 is 13.2 Å². The Morgan fingerprint density at radius 3 is 2.50 bits per heavy atom. The average Bonchev–Trinajstić information content (AvgIpc) is 3.20. The average molecular weight is 393 g/mol. The Morgan fingerprint density at radius 2 is 1.93 bits per heavy atom. The molecule has 1 saturated carbocycles. The minimum Gasteiger partial charge on any atom is -0.372 e. The van der Waals surface area contributed by atoms with E-state index in [4.69, 9.17) is 0 Å². The van der Waals surface area contributed by atoms with Gasteiger partial charge in [0.1, 0.15) is 23.2 Å². The zero-order chi connectivity index (χ0) is 20.1. The maximum absolute atomic E-state index is 13.0. The Labute approximate surface area is 158 Å². The standard InChI is InChI=1S/C16H18F3N9/c1-9-11(23-14-21-6-10(16(17,18)19)12(20-2)24-14)7-28(25-9)15(4-5-15)13-22-8-27(3)26-13/h6-8H,4-5H2,1-3H3,(H2,20,21,23,24). The molecule has 0 bridgehead atoms. The molecule has 9 nitrogen and oxygen atoms in total. The highest BCUT2D eigenvalue weighted by atomic mass is 19.4. The number of hydrogen-bond acceptors (Lipinski definition) is 7. The van der Waals surface area contributed by atoms with Crippen LogP contribution in [0.1, 0.15) is 29.9 Å². The first kappa shape index (κ1) is 18.2. The lowest BCUT2D eigenvalue weighted by atomic mass is 10.2. The second kappa shape index (κ2) is 6.17. The molecule has 0 spiro atoms. The van der Waals surface area contributed by atoms with Crippen LogP contribution < -0.4 is 10.6 Å². The van der Waals surface area contributed by atoms with Gasteiger partial charge < -0.3 is 10.6 Å². The molecule has 0 radical (unpaired) electrons. The van der Waals surface area contributed by atoms with Crippen LogP contribution in [0.25, 0.3) is 0 Å². The van der Waals surface area contributed by atoms with E-state index in [1.807, 2.05) is 0 Å². The molecule has 3 aromatic rings. The summed E-state index contributed by atoms with van der Waals surface area (Å²) in [6.45, 7) is 1.80. The molecule has 28 heavy (non-hydrogen) atoms. The summed E-state index contributed by atoms with van der Waals surface area (Å²) < 4.78 is 42.4. The van der Waals surface area contributed by atoms with Crippen LogP contribution in [0.15, 0.2) is 18.7 Å². The predicted octanol–water partition coefficient (Wildman–Crippen LogP) is 2.45. The number of anilines is 3. The van der Waals surface area contributed by atoms with Gasteiger partial charge in [-0.2, -0.15) is 28.4 Å². The van der Waals surface area contributed by atoms with Gasteiger partial charge >= 0.3 is 6.18 Å². The molecular weight excluding hydrogens is 375 g/mol. The Kier molecular flexibility index (Phi) is 4.01. The van der Waals surface area contributed by atoms with E-state index in [0.717, 1.165) is 19.0 Å². The molecule has 1 aliphatic carbocycles. The molecule has 1 fully saturated rings. The maximum atomic E-state index is 13.0. The summed E-state index contributed by atoms with van der Waals surface area (Å²) in [6.07, 6.45) is 1.35. The van der Waals surface area contributed by atoms with E-state index < -0.39 is 11.7 Å². The lowest BCUT2D eigenvalue weighted by molar-refractivity contribution is -0.137. The molecule has 4 rings (SSSR count). The minimum absolute atomic E-state index is 0.0424. The zero-order valence-electron chi connectivity index (χ0n) is 15.4. The monoisotopic (exact) mass is 393 g/mol. The molecule has 148 valence electrons. The third-order valence-corrected chi connectivity index (χ3v) is 4.65. The van der Waals surface area contributed by atoms with Crippen LogP contribution in [-0.4, -0.2) is 41.6 Å². The number of rotatable bonds is 5. The second-order valence-corrected chi connectivity index (χ2v) is 6.67. The Balaban J connectivity index is 1.62. The topological polar surface area (TPSA) is 98.4 Å². The molecule has 0 aliphatic heterocycles. The third-order valence-electron chi connectivity index (χ3n) is 4.65. The largest absolute Gasteiger partial charge is 0.421 e. The number of nitrogens with zero attached hydrogens (tertiary/aromatic N) is 7. The summed E-state index contributed by atoms with van der Waals surface area (Å²) in [4.78, 5) is 12.1.